The lowest BCUT2D eigenvalue weighted by molar-refractivity contribution is 0.0695. The molecule has 3 aromatic rings. The van der Waals surface area contributed by atoms with E-state index < -0.39 is 11.5 Å². The highest BCUT2D eigenvalue weighted by Crippen LogP contribution is 2.22. The SMILES string of the molecule is CCc1cc(C(=O)O)c(=O)[nH]c1-c1ccc2nccn2c1.Cl.Cl. The first-order chi connectivity index (χ1) is 10.1. The van der Waals surface area contributed by atoms with E-state index in [1.165, 1.54) is 6.07 Å². The number of carbonyl (C=O) groups is 1. The number of halogens is 2. The number of imidazole rings is 1. The van der Waals surface area contributed by atoms with Gasteiger partial charge in [0.25, 0.3) is 5.56 Å². The van der Waals surface area contributed by atoms with Crippen LogP contribution in [0.2, 0.25) is 0 Å². The van der Waals surface area contributed by atoms with Crippen molar-refractivity contribution in [2.45, 2.75) is 13.3 Å². The Hall–Kier alpha value is -2.31. The molecule has 6 nitrogen and oxygen atoms in total. The molecule has 3 aromatic heterocycles. The molecule has 3 rings (SSSR count). The van der Waals surface area contributed by atoms with Crippen LogP contribution < -0.4 is 5.56 Å². The normalized spacial score (nSPS) is 9.96. The molecule has 2 N–H and O–H groups in total. The number of hydrogen-bond acceptors (Lipinski definition) is 3. The predicted molar refractivity (Wildman–Crippen MR) is 92.1 cm³/mol. The van der Waals surface area contributed by atoms with Crippen molar-refractivity contribution in [2.75, 3.05) is 0 Å². The van der Waals surface area contributed by atoms with Crippen LogP contribution in [0.15, 0.2) is 41.6 Å². The molecule has 0 aliphatic heterocycles. The minimum atomic E-state index is -1.22. The van der Waals surface area contributed by atoms with Crippen molar-refractivity contribution in [3.63, 3.8) is 0 Å². The van der Waals surface area contributed by atoms with Crippen molar-refractivity contribution in [3.8, 4) is 11.3 Å². The van der Waals surface area contributed by atoms with Crippen LogP contribution in [0, 0.1) is 0 Å². The van der Waals surface area contributed by atoms with Crippen LogP contribution in [-0.4, -0.2) is 25.4 Å². The number of aryl methyl sites for hydroxylation is 1. The number of carboxylic acids is 1. The molecule has 23 heavy (non-hydrogen) atoms. The fourth-order valence-corrected chi connectivity index (χ4v) is 2.34. The van der Waals surface area contributed by atoms with Crippen LogP contribution in [0.25, 0.3) is 16.9 Å². The molecule has 0 saturated carbocycles. The molecule has 8 heteroatoms. The fourth-order valence-electron chi connectivity index (χ4n) is 2.34. The number of aromatic amines is 1. The minimum absolute atomic E-state index is 0. The van der Waals surface area contributed by atoms with Crippen LogP contribution >= 0.6 is 24.8 Å². The molecule has 0 aromatic carbocycles. The van der Waals surface area contributed by atoms with Gasteiger partial charge in [0.05, 0.1) is 5.69 Å². The van der Waals surface area contributed by atoms with Gasteiger partial charge in [-0.2, -0.15) is 0 Å². The summed E-state index contributed by atoms with van der Waals surface area (Å²) in [5.41, 5.74) is 2.21. The summed E-state index contributed by atoms with van der Waals surface area (Å²) in [5.74, 6) is -1.22. The first-order valence-corrected chi connectivity index (χ1v) is 6.52. The van der Waals surface area contributed by atoms with Gasteiger partial charge in [-0.05, 0) is 30.2 Å². The van der Waals surface area contributed by atoms with Gasteiger partial charge in [-0.25, -0.2) is 9.78 Å². The number of rotatable bonds is 3. The maximum Gasteiger partial charge on any atom is 0.341 e. The molecular weight excluding hydrogens is 341 g/mol. The Morgan fingerprint density at radius 3 is 2.74 bits per heavy atom. The lowest BCUT2D eigenvalue weighted by atomic mass is 10.0. The Balaban J connectivity index is 0.00000132. The van der Waals surface area contributed by atoms with E-state index >= 15 is 0 Å². The average molecular weight is 356 g/mol. The van der Waals surface area contributed by atoms with Gasteiger partial charge in [-0.3, -0.25) is 4.79 Å². The van der Waals surface area contributed by atoms with E-state index in [4.69, 9.17) is 5.11 Å². The summed E-state index contributed by atoms with van der Waals surface area (Å²) in [5, 5.41) is 9.03. The number of pyridine rings is 2. The molecule has 0 amide bonds. The van der Waals surface area contributed by atoms with Gasteiger partial charge in [0, 0.05) is 24.2 Å². The molecule has 0 spiro atoms. The molecular formula is C15H15Cl2N3O3. The predicted octanol–water partition coefficient (Wildman–Crippen LogP) is 2.79. The summed E-state index contributed by atoms with van der Waals surface area (Å²) < 4.78 is 1.85. The van der Waals surface area contributed by atoms with Crippen LogP contribution in [0.3, 0.4) is 0 Å². The summed E-state index contributed by atoms with van der Waals surface area (Å²) in [6.45, 7) is 1.92. The molecule has 0 aliphatic rings. The average Bonchev–Trinajstić information content (AvgIpc) is 2.93. The van der Waals surface area contributed by atoms with Gasteiger partial charge in [0.15, 0.2) is 0 Å². The van der Waals surface area contributed by atoms with E-state index in [-0.39, 0.29) is 30.4 Å². The van der Waals surface area contributed by atoms with Gasteiger partial charge in [-0.1, -0.05) is 6.92 Å². The highest BCUT2D eigenvalue weighted by Gasteiger charge is 2.14. The zero-order valence-corrected chi connectivity index (χ0v) is 13.8. The van der Waals surface area contributed by atoms with Crippen LogP contribution in [-0.2, 0) is 6.42 Å². The highest BCUT2D eigenvalue weighted by atomic mass is 35.5. The van der Waals surface area contributed by atoms with Crippen molar-refractivity contribution >= 4 is 36.4 Å². The van der Waals surface area contributed by atoms with Crippen molar-refractivity contribution in [1.29, 1.82) is 0 Å². The third-order valence-electron chi connectivity index (χ3n) is 3.41. The molecule has 0 bridgehead atoms. The summed E-state index contributed by atoms with van der Waals surface area (Å²) in [6, 6.07) is 5.14. The van der Waals surface area contributed by atoms with Crippen LogP contribution in [0.4, 0.5) is 0 Å². The molecule has 0 fully saturated rings. The molecule has 0 saturated heterocycles. The molecule has 122 valence electrons. The smallest absolute Gasteiger partial charge is 0.341 e. The third kappa shape index (κ3) is 3.38. The molecule has 0 unspecified atom stereocenters. The Bertz CT molecular complexity index is 902. The van der Waals surface area contributed by atoms with Crippen molar-refractivity contribution in [1.82, 2.24) is 14.4 Å². The lowest BCUT2D eigenvalue weighted by Crippen LogP contribution is -2.19. The van der Waals surface area contributed by atoms with E-state index in [2.05, 4.69) is 9.97 Å². The standard InChI is InChI=1S/C15H13N3O3.2ClH/c1-2-9-7-11(15(20)21)14(19)17-13(9)10-3-4-12-16-5-6-18(12)8-10;;/h3-8H,2H2,1H3,(H,17,19)(H,20,21);2*1H. The number of aromatic nitrogens is 3. The maximum absolute atomic E-state index is 11.9. The van der Waals surface area contributed by atoms with Gasteiger partial charge in [0.1, 0.15) is 11.2 Å². The largest absolute Gasteiger partial charge is 0.477 e. The van der Waals surface area contributed by atoms with Crippen LogP contribution in [0.5, 0.6) is 0 Å². The molecule has 3 heterocycles. The fraction of sp³-hybridized carbons (Fsp3) is 0.133. The van der Waals surface area contributed by atoms with E-state index in [1.807, 2.05) is 35.9 Å². The van der Waals surface area contributed by atoms with E-state index in [0.717, 1.165) is 16.8 Å². The van der Waals surface area contributed by atoms with Gasteiger partial charge >= 0.3 is 5.97 Å². The van der Waals surface area contributed by atoms with Gasteiger partial charge < -0.3 is 14.5 Å². The number of hydrogen-bond donors (Lipinski definition) is 2. The number of nitrogens with zero attached hydrogens (tertiary/aromatic N) is 2. The number of nitrogens with one attached hydrogen (secondary N) is 1. The van der Waals surface area contributed by atoms with Crippen molar-refractivity contribution < 1.29 is 9.90 Å². The summed E-state index contributed by atoms with van der Waals surface area (Å²) in [6.07, 6.45) is 5.98. The summed E-state index contributed by atoms with van der Waals surface area (Å²) in [4.78, 5) is 29.8. The van der Waals surface area contributed by atoms with E-state index in [0.29, 0.717) is 12.1 Å². The minimum Gasteiger partial charge on any atom is -0.477 e. The number of H-pyrrole nitrogens is 1. The Morgan fingerprint density at radius 1 is 1.35 bits per heavy atom. The number of aromatic carboxylic acids is 1. The second-order valence-corrected chi connectivity index (χ2v) is 4.68. The van der Waals surface area contributed by atoms with Crippen molar-refractivity contribution in [3.05, 3.63) is 58.3 Å². The summed E-state index contributed by atoms with van der Waals surface area (Å²) >= 11 is 0. The molecule has 0 radical (unpaired) electrons. The zero-order chi connectivity index (χ0) is 15.0. The number of carboxylic acid groups (broad SMARTS) is 1. The van der Waals surface area contributed by atoms with E-state index in [9.17, 15) is 9.59 Å². The lowest BCUT2D eigenvalue weighted by Gasteiger charge is -2.09. The van der Waals surface area contributed by atoms with Crippen molar-refractivity contribution in [2.24, 2.45) is 0 Å². The quantitative estimate of drug-likeness (QED) is 0.756. The van der Waals surface area contributed by atoms with Gasteiger partial charge in [0.2, 0.25) is 0 Å². The monoisotopic (exact) mass is 355 g/mol. The zero-order valence-electron chi connectivity index (χ0n) is 12.1. The second-order valence-electron chi connectivity index (χ2n) is 4.68. The van der Waals surface area contributed by atoms with Gasteiger partial charge in [-0.15, -0.1) is 24.8 Å². The van der Waals surface area contributed by atoms with Crippen LogP contribution in [0.1, 0.15) is 22.8 Å². The first-order valence-electron chi connectivity index (χ1n) is 6.52. The van der Waals surface area contributed by atoms with E-state index in [1.54, 1.807) is 6.20 Å². The second kappa shape index (κ2) is 7.30. The first kappa shape index (κ1) is 18.7. The maximum atomic E-state index is 11.9. The molecule has 0 aliphatic carbocycles. The molecule has 0 atom stereocenters. The highest BCUT2D eigenvalue weighted by molar-refractivity contribution is 5.88. The third-order valence-corrected chi connectivity index (χ3v) is 3.41. The summed E-state index contributed by atoms with van der Waals surface area (Å²) in [7, 11) is 0. The Morgan fingerprint density at radius 2 is 2.09 bits per heavy atom. The Kier molecular flexibility index (Phi) is 5.95. The topological polar surface area (TPSA) is 87.5 Å². The number of fused-ring (bicyclic) bond motifs is 1. The Labute approximate surface area is 144 Å².